The van der Waals surface area contributed by atoms with Gasteiger partial charge in [0.25, 0.3) is 0 Å². The summed E-state index contributed by atoms with van der Waals surface area (Å²) in [7, 11) is 0. The Morgan fingerprint density at radius 2 is 2.00 bits per heavy atom. The molecule has 1 rings (SSSR count). The standard InChI is InChI=1S/C8H6Cl3O3PS/c9-4-8(14-15(12,13)16)6-3-5(10)1-2-7(6)11/h1-4H,(H2,12,13,16). The van der Waals surface area contributed by atoms with E-state index in [-0.39, 0.29) is 5.76 Å². The monoisotopic (exact) mass is 318 g/mol. The first kappa shape index (κ1) is 14.3. The third-order valence-electron chi connectivity index (χ3n) is 1.51. The van der Waals surface area contributed by atoms with E-state index >= 15 is 0 Å². The second kappa shape index (κ2) is 5.69. The van der Waals surface area contributed by atoms with Gasteiger partial charge < -0.3 is 14.3 Å². The minimum Gasteiger partial charge on any atom is -0.423 e. The Bertz CT molecular complexity index is 472. The summed E-state index contributed by atoms with van der Waals surface area (Å²) in [6, 6.07) is 4.58. The molecule has 3 nitrogen and oxygen atoms in total. The lowest BCUT2D eigenvalue weighted by molar-refractivity contribution is 0.353. The number of halogens is 3. The van der Waals surface area contributed by atoms with Crippen LogP contribution >= 0.6 is 41.5 Å². The first-order valence-corrected chi connectivity index (χ1v) is 7.66. The van der Waals surface area contributed by atoms with E-state index in [1.165, 1.54) is 12.1 Å². The average molecular weight is 320 g/mol. The fourth-order valence-corrected chi connectivity index (χ4v) is 2.20. The zero-order valence-corrected chi connectivity index (χ0v) is 11.6. The van der Waals surface area contributed by atoms with Gasteiger partial charge in [0.15, 0.2) is 0 Å². The topological polar surface area (TPSA) is 49.7 Å². The van der Waals surface area contributed by atoms with E-state index in [9.17, 15) is 0 Å². The van der Waals surface area contributed by atoms with E-state index in [0.717, 1.165) is 5.54 Å². The lowest BCUT2D eigenvalue weighted by atomic mass is 10.2. The van der Waals surface area contributed by atoms with Crippen molar-refractivity contribution in [2.45, 2.75) is 0 Å². The summed E-state index contributed by atoms with van der Waals surface area (Å²) in [5, 5.41) is 0.711. The van der Waals surface area contributed by atoms with Crippen LogP contribution in [0.15, 0.2) is 23.7 Å². The Morgan fingerprint density at radius 3 is 2.50 bits per heavy atom. The summed E-state index contributed by atoms with van der Waals surface area (Å²) >= 11 is 21.5. The van der Waals surface area contributed by atoms with Crippen LogP contribution in [-0.2, 0) is 16.3 Å². The number of hydrogen-bond donors (Lipinski definition) is 2. The molecule has 0 radical (unpaired) electrons. The fourth-order valence-electron chi connectivity index (χ4n) is 0.942. The van der Waals surface area contributed by atoms with Gasteiger partial charge in [-0.1, -0.05) is 34.8 Å². The van der Waals surface area contributed by atoms with Gasteiger partial charge in [-0.3, -0.25) is 0 Å². The van der Waals surface area contributed by atoms with Gasteiger partial charge in [-0.05, 0) is 18.2 Å². The molecule has 88 valence electrons. The highest BCUT2D eigenvalue weighted by atomic mass is 35.5. The molecule has 0 spiro atoms. The second-order valence-electron chi connectivity index (χ2n) is 2.68. The summed E-state index contributed by atoms with van der Waals surface area (Å²) in [4.78, 5) is 18.0. The summed E-state index contributed by atoms with van der Waals surface area (Å²) in [5.41, 5.74) is 1.34. The SMILES string of the molecule is OP(O)(=S)OC(=CCl)c1cc(Cl)ccc1Cl. The molecule has 0 aliphatic carbocycles. The Kier molecular flexibility index (Phi) is 5.08. The molecule has 0 aromatic heterocycles. The maximum Gasteiger partial charge on any atom is 0.375 e. The smallest absolute Gasteiger partial charge is 0.375 e. The molecule has 16 heavy (non-hydrogen) atoms. The van der Waals surface area contributed by atoms with Gasteiger partial charge in [0.2, 0.25) is 0 Å². The van der Waals surface area contributed by atoms with E-state index in [1.807, 2.05) is 0 Å². The van der Waals surface area contributed by atoms with Gasteiger partial charge in [-0.25, -0.2) is 0 Å². The van der Waals surface area contributed by atoms with Crippen LogP contribution in [0.2, 0.25) is 10.0 Å². The Morgan fingerprint density at radius 1 is 1.38 bits per heavy atom. The molecule has 0 amide bonds. The molecule has 0 saturated heterocycles. The summed E-state index contributed by atoms with van der Waals surface area (Å²) < 4.78 is 4.73. The van der Waals surface area contributed by atoms with Crippen molar-refractivity contribution in [3.63, 3.8) is 0 Å². The number of hydrogen-bond acceptors (Lipinski definition) is 2. The van der Waals surface area contributed by atoms with Crippen LogP contribution in [0.3, 0.4) is 0 Å². The van der Waals surface area contributed by atoms with E-state index in [4.69, 9.17) is 49.1 Å². The predicted octanol–water partition coefficient (Wildman–Crippen LogP) is 3.76. The van der Waals surface area contributed by atoms with E-state index in [0.29, 0.717) is 15.6 Å². The molecule has 0 bridgehead atoms. The molecule has 0 heterocycles. The molecule has 8 heteroatoms. The lowest BCUT2D eigenvalue weighted by Gasteiger charge is -2.14. The third-order valence-corrected chi connectivity index (χ3v) is 2.93. The van der Waals surface area contributed by atoms with Crippen molar-refractivity contribution in [1.29, 1.82) is 0 Å². The first-order valence-electron chi connectivity index (χ1n) is 3.84. The lowest BCUT2D eigenvalue weighted by Crippen LogP contribution is -1.91. The van der Waals surface area contributed by atoms with Crippen molar-refractivity contribution in [3.05, 3.63) is 39.3 Å². The second-order valence-corrected chi connectivity index (χ2v) is 6.33. The molecule has 0 saturated carbocycles. The van der Waals surface area contributed by atoms with Gasteiger partial charge in [0.1, 0.15) is 5.76 Å². The van der Waals surface area contributed by atoms with Crippen molar-refractivity contribution in [3.8, 4) is 0 Å². The van der Waals surface area contributed by atoms with Crippen molar-refractivity contribution in [2.24, 2.45) is 0 Å². The highest BCUT2D eigenvalue weighted by Gasteiger charge is 2.16. The summed E-state index contributed by atoms with van der Waals surface area (Å²) in [6.45, 7) is -3.86. The van der Waals surface area contributed by atoms with Gasteiger partial charge in [0.05, 0.1) is 5.02 Å². The summed E-state index contributed by atoms with van der Waals surface area (Å²) in [6.07, 6.45) is 0. The number of benzene rings is 1. The van der Waals surface area contributed by atoms with Crippen molar-refractivity contribution >= 4 is 59.1 Å². The average Bonchev–Trinajstić information content (AvgIpc) is 2.17. The van der Waals surface area contributed by atoms with Crippen molar-refractivity contribution in [1.82, 2.24) is 0 Å². The molecule has 0 fully saturated rings. The molecule has 0 atom stereocenters. The van der Waals surface area contributed by atoms with Crippen molar-refractivity contribution < 1.29 is 14.3 Å². The Balaban J connectivity index is 3.15. The van der Waals surface area contributed by atoms with Crippen LogP contribution in [-0.4, -0.2) is 9.79 Å². The molecule has 1 aromatic carbocycles. The zero-order valence-electron chi connectivity index (χ0n) is 7.60. The van der Waals surface area contributed by atoms with Gasteiger partial charge in [0, 0.05) is 27.9 Å². The largest absolute Gasteiger partial charge is 0.423 e. The maximum atomic E-state index is 9.02. The van der Waals surface area contributed by atoms with Crippen LogP contribution in [0.25, 0.3) is 5.76 Å². The Hall–Kier alpha value is 0.200. The minimum absolute atomic E-state index is 0.0394. The maximum absolute atomic E-state index is 9.02. The van der Waals surface area contributed by atoms with E-state index in [1.54, 1.807) is 6.07 Å². The van der Waals surface area contributed by atoms with Crippen molar-refractivity contribution in [2.75, 3.05) is 0 Å². The van der Waals surface area contributed by atoms with Crippen LogP contribution in [0.4, 0.5) is 0 Å². The van der Waals surface area contributed by atoms with Crippen LogP contribution in [0.1, 0.15) is 5.56 Å². The molecule has 2 N–H and O–H groups in total. The third kappa shape index (κ3) is 4.22. The highest BCUT2D eigenvalue weighted by molar-refractivity contribution is 8.06. The van der Waals surface area contributed by atoms with Gasteiger partial charge >= 0.3 is 6.72 Å². The van der Waals surface area contributed by atoms with E-state index in [2.05, 4.69) is 11.8 Å². The van der Waals surface area contributed by atoms with Crippen LogP contribution in [0.5, 0.6) is 0 Å². The molecular weight excluding hydrogens is 313 g/mol. The predicted molar refractivity (Wildman–Crippen MR) is 70.1 cm³/mol. The first-order chi connectivity index (χ1) is 7.33. The van der Waals surface area contributed by atoms with E-state index < -0.39 is 6.72 Å². The molecular formula is C8H6Cl3O3PS. The quantitative estimate of drug-likeness (QED) is 0.658. The molecule has 0 unspecified atom stereocenters. The normalized spacial score (nSPS) is 12.7. The van der Waals surface area contributed by atoms with Gasteiger partial charge in [-0.2, -0.15) is 0 Å². The van der Waals surface area contributed by atoms with Crippen LogP contribution in [0, 0.1) is 0 Å². The van der Waals surface area contributed by atoms with Crippen LogP contribution < -0.4 is 0 Å². The van der Waals surface area contributed by atoms with Gasteiger partial charge in [-0.15, -0.1) is 0 Å². The highest BCUT2D eigenvalue weighted by Crippen LogP contribution is 2.44. The molecule has 1 aromatic rings. The Labute approximate surface area is 112 Å². The minimum atomic E-state index is -3.86. The number of rotatable bonds is 3. The molecule has 0 aliphatic rings. The fraction of sp³-hybridized carbons (Fsp3) is 0. The zero-order chi connectivity index (χ0) is 12.3. The molecule has 0 aliphatic heterocycles. The summed E-state index contributed by atoms with van der Waals surface area (Å²) in [5.74, 6) is -0.0394.